The molecule has 0 spiro atoms. The van der Waals surface area contributed by atoms with Crippen LogP contribution in [0.25, 0.3) is 11.1 Å². The lowest BCUT2D eigenvalue weighted by molar-refractivity contribution is 0.113. The molecule has 0 aliphatic carbocycles. The first-order valence-corrected chi connectivity index (χ1v) is 22.0. The number of ether oxygens (including phenoxy) is 2. The van der Waals surface area contributed by atoms with Crippen molar-refractivity contribution in [2.45, 2.75) is 64.1 Å². The van der Waals surface area contributed by atoms with Crippen LogP contribution in [0.1, 0.15) is 53.4 Å². The first-order chi connectivity index (χ1) is 27.2. The molecule has 0 heterocycles. The van der Waals surface area contributed by atoms with E-state index < -0.39 is 25.9 Å². The van der Waals surface area contributed by atoms with E-state index in [9.17, 15) is 4.57 Å². The Morgan fingerprint density at radius 1 is 0.339 bits per heavy atom. The van der Waals surface area contributed by atoms with E-state index >= 15 is 4.57 Å². The molecule has 6 aromatic carbocycles. The van der Waals surface area contributed by atoms with E-state index in [1.165, 1.54) is 0 Å². The van der Waals surface area contributed by atoms with Gasteiger partial charge in [0.25, 0.3) is 0 Å². The second kappa shape index (κ2) is 18.0. The van der Waals surface area contributed by atoms with E-state index in [0.717, 1.165) is 11.1 Å². The molecule has 0 N–H and O–H groups in total. The quantitative estimate of drug-likeness (QED) is 0.0749. The number of hydrogen-bond donors (Lipinski definition) is 0. The summed E-state index contributed by atoms with van der Waals surface area (Å²) in [5.41, 5.74) is 1.79. The molecule has 0 saturated carbocycles. The lowest BCUT2D eigenvalue weighted by Crippen LogP contribution is -2.38. The van der Waals surface area contributed by atoms with Gasteiger partial charge >= 0.3 is 15.2 Å². The van der Waals surface area contributed by atoms with Gasteiger partial charge in [-0.05, 0) is 110 Å². The zero-order valence-electron chi connectivity index (χ0n) is 32.2. The molecule has 0 aliphatic heterocycles. The van der Waals surface area contributed by atoms with Crippen LogP contribution >= 0.6 is 15.2 Å². The number of para-hydroxylation sites is 4. The molecule has 0 aliphatic rings. The van der Waals surface area contributed by atoms with Gasteiger partial charge in [-0.3, -0.25) is 0 Å². The first kappa shape index (κ1) is 40.2. The van der Waals surface area contributed by atoms with Crippen LogP contribution in [-0.2, 0) is 9.13 Å². The molecule has 290 valence electrons. The van der Waals surface area contributed by atoms with Gasteiger partial charge in [0.05, 0.1) is 0 Å². The van der Waals surface area contributed by atoms with E-state index in [-0.39, 0.29) is 0 Å². The van der Waals surface area contributed by atoms with Gasteiger partial charge in [-0.25, -0.2) is 9.13 Å². The highest BCUT2D eigenvalue weighted by Crippen LogP contribution is 2.64. The van der Waals surface area contributed by atoms with Crippen LogP contribution in [0.2, 0.25) is 0 Å². The summed E-state index contributed by atoms with van der Waals surface area (Å²) >= 11 is 0. The Kier molecular flexibility index (Phi) is 13.0. The van der Waals surface area contributed by atoms with E-state index in [2.05, 4.69) is 0 Å². The number of benzene rings is 6. The largest absolute Gasteiger partial charge is 0.474 e. The Morgan fingerprint density at radius 2 is 0.571 bits per heavy atom. The Balaban J connectivity index is 1.25. The fourth-order valence-corrected chi connectivity index (χ4v) is 10.7. The maximum Gasteiger partial charge on any atom is 0.474 e. The van der Waals surface area contributed by atoms with Gasteiger partial charge in [0.15, 0.2) is 0 Å². The molecule has 1 unspecified atom stereocenters. The molecule has 56 heavy (non-hydrogen) atoms. The Morgan fingerprint density at radius 3 is 0.857 bits per heavy atom. The zero-order chi connectivity index (χ0) is 39.5. The predicted molar refractivity (Wildman–Crippen MR) is 223 cm³/mol. The van der Waals surface area contributed by atoms with Gasteiger partial charge in [-0.1, -0.05) is 125 Å². The van der Waals surface area contributed by atoms with Crippen LogP contribution in [-0.4, -0.2) is 10.7 Å². The molecule has 8 nitrogen and oxygen atoms in total. The van der Waals surface area contributed by atoms with Crippen molar-refractivity contribution >= 4 is 15.2 Å². The topological polar surface area (TPSA) is 89.5 Å². The highest BCUT2D eigenvalue weighted by Gasteiger charge is 2.55. The van der Waals surface area contributed by atoms with Gasteiger partial charge < -0.3 is 27.6 Å². The van der Waals surface area contributed by atoms with E-state index in [4.69, 9.17) is 27.6 Å². The van der Waals surface area contributed by atoms with Crippen molar-refractivity contribution in [3.63, 3.8) is 0 Å². The van der Waals surface area contributed by atoms with Gasteiger partial charge in [-0.15, -0.1) is 0 Å². The second-order valence-electron chi connectivity index (χ2n) is 13.2. The van der Waals surface area contributed by atoms with Crippen LogP contribution in [0.15, 0.2) is 170 Å². The second-order valence-corrected chi connectivity index (χ2v) is 17.5. The number of rotatable bonds is 19. The molecule has 0 fully saturated rings. The Labute approximate surface area is 330 Å². The maximum absolute atomic E-state index is 15.1. The molecular formula is C46H48O8P2. The molecule has 0 aromatic heterocycles. The SMILES string of the molecule is CCC(CC)(Oc1ccc(-c2ccc(OP(=O)(Oc3ccccc3)C(CC)(CC)Oc3ccccc3)cc2)cc1)P(=O)(Oc1ccccc1)Oc1ccccc1. The van der Waals surface area contributed by atoms with Crippen molar-refractivity contribution in [2.24, 2.45) is 0 Å². The van der Waals surface area contributed by atoms with Crippen molar-refractivity contribution in [3.05, 3.63) is 170 Å². The summed E-state index contributed by atoms with van der Waals surface area (Å²) in [6, 6.07) is 51.2. The van der Waals surface area contributed by atoms with Crippen LogP contribution in [0.3, 0.4) is 0 Å². The third-order valence-electron chi connectivity index (χ3n) is 9.74. The minimum Gasteiger partial charge on any atom is -0.472 e. The van der Waals surface area contributed by atoms with Crippen molar-refractivity contribution in [1.29, 1.82) is 0 Å². The molecule has 0 amide bonds. The average Bonchev–Trinajstić information content (AvgIpc) is 3.24. The summed E-state index contributed by atoms with van der Waals surface area (Å²) in [5, 5.41) is -2.57. The van der Waals surface area contributed by atoms with Crippen LogP contribution in [0.5, 0.6) is 34.5 Å². The predicted octanol–water partition coefficient (Wildman–Crippen LogP) is 13.8. The summed E-state index contributed by atoms with van der Waals surface area (Å²) in [6.07, 6.45) is 1.46. The molecule has 0 saturated heterocycles. The third kappa shape index (κ3) is 8.99. The van der Waals surface area contributed by atoms with Gasteiger partial charge in [0.1, 0.15) is 34.5 Å². The minimum atomic E-state index is -4.03. The third-order valence-corrected chi connectivity index (χ3v) is 15.0. The number of hydrogen-bond acceptors (Lipinski definition) is 8. The van der Waals surface area contributed by atoms with Crippen molar-refractivity contribution < 1.29 is 36.7 Å². The molecule has 0 bridgehead atoms. The molecule has 10 heteroatoms. The van der Waals surface area contributed by atoms with Crippen LogP contribution < -0.4 is 27.6 Å². The highest BCUT2D eigenvalue weighted by atomic mass is 31.2. The molecule has 6 aromatic rings. The van der Waals surface area contributed by atoms with Crippen LogP contribution in [0, 0.1) is 0 Å². The van der Waals surface area contributed by atoms with Gasteiger partial charge in [0.2, 0.25) is 10.7 Å². The van der Waals surface area contributed by atoms with Crippen molar-refractivity contribution in [3.8, 4) is 45.6 Å². The molecule has 6 rings (SSSR count). The van der Waals surface area contributed by atoms with Crippen LogP contribution in [0.4, 0.5) is 0 Å². The fourth-order valence-electron chi connectivity index (χ4n) is 6.40. The monoisotopic (exact) mass is 790 g/mol. The minimum absolute atomic E-state index is 0.356. The first-order valence-electron chi connectivity index (χ1n) is 19.0. The molecule has 1 atom stereocenters. The van der Waals surface area contributed by atoms with Crippen molar-refractivity contribution in [1.82, 2.24) is 0 Å². The van der Waals surface area contributed by atoms with Crippen molar-refractivity contribution in [2.75, 3.05) is 0 Å². The molecule has 0 radical (unpaired) electrons. The van der Waals surface area contributed by atoms with Gasteiger partial charge in [0, 0.05) is 0 Å². The summed E-state index contributed by atoms with van der Waals surface area (Å²) in [7, 11) is -8.03. The summed E-state index contributed by atoms with van der Waals surface area (Å²) in [5.74, 6) is 2.72. The Bertz CT molecular complexity index is 2150. The van der Waals surface area contributed by atoms with E-state index in [1.807, 2.05) is 149 Å². The van der Waals surface area contributed by atoms with Gasteiger partial charge in [-0.2, -0.15) is 0 Å². The summed E-state index contributed by atoms with van der Waals surface area (Å²) in [6.45, 7) is 7.67. The summed E-state index contributed by atoms with van der Waals surface area (Å²) < 4.78 is 68.2. The standard InChI is InChI=1S/C46H48O8P2/c1-5-45(6-2,49-39-21-13-9-14-22-39)56(48,53-43-27-19-12-20-28-43)54-44-35-31-38(32-36-44)37-29-33-40(34-30-37)50-46(7-3,8-4)55(47,51-41-23-15-10-16-24-41)52-42-25-17-11-18-26-42/h9-36H,5-8H2,1-4H3. The zero-order valence-corrected chi connectivity index (χ0v) is 33.9. The average molecular weight is 791 g/mol. The fraction of sp³-hybridized carbons (Fsp3) is 0.217. The lowest BCUT2D eigenvalue weighted by Gasteiger charge is -2.37. The summed E-state index contributed by atoms with van der Waals surface area (Å²) in [4.78, 5) is 0. The van der Waals surface area contributed by atoms with E-state index in [1.54, 1.807) is 48.5 Å². The lowest BCUT2D eigenvalue weighted by atomic mass is 10.1. The maximum atomic E-state index is 15.1. The van der Waals surface area contributed by atoms with E-state index in [0.29, 0.717) is 60.2 Å². The highest BCUT2D eigenvalue weighted by molar-refractivity contribution is 7.56. The smallest absolute Gasteiger partial charge is 0.472 e. The Hall–Kier alpha value is -5.42. The normalized spacial score (nSPS) is 12.9. The molecular weight excluding hydrogens is 742 g/mol.